The summed E-state index contributed by atoms with van der Waals surface area (Å²) in [5.41, 5.74) is 4.05. The molecule has 1 aromatic rings. The molecule has 0 aliphatic carbocycles. The van der Waals surface area contributed by atoms with Gasteiger partial charge in [-0.15, -0.1) is 11.8 Å². The predicted octanol–water partition coefficient (Wildman–Crippen LogP) is -0.382. The van der Waals surface area contributed by atoms with Crippen LogP contribution in [0.15, 0.2) is 9.59 Å². The summed E-state index contributed by atoms with van der Waals surface area (Å²) in [6, 6.07) is 0. The van der Waals surface area contributed by atoms with Gasteiger partial charge in [0.25, 0.3) is 5.56 Å². The zero-order valence-electron chi connectivity index (χ0n) is 11.8. The predicted molar refractivity (Wildman–Crippen MR) is 79.7 cm³/mol. The Bertz CT molecular complexity index is 649. The number of ether oxygens (including phenoxy) is 1. The Kier molecular flexibility index (Phi) is 6.22. The number of hydrogen-bond acceptors (Lipinski definition) is 7. The third kappa shape index (κ3) is 4.22. The molecule has 0 saturated carbocycles. The number of aromatic amines is 1. The lowest BCUT2D eigenvalue weighted by Gasteiger charge is -2.10. The minimum Gasteiger partial charge on any atom is -0.468 e. The second-order valence-electron chi connectivity index (χ2n) is 4.16. The first-order chi connectivity index (χ1) is 9.92. The lowest BCUT2D eigenvalue weighted by Crippen LogP contribution is -2.36. The highest BCUT2D eigenvalue weighted by atomic mass is 32.2. The van der Waals surface area contributed by atoms with Gasteiger partial charge >= 0.3 is 11.7 Å². The maximum Gasteiger partial charge on any atom is 0.329 e. The number of methoxy groups -OCH3 is 1. The van der Waals surface area contributed by atoms with Crippen LogP contribution in [-0.2, 0) is 16.1 Å². The van der Waals surface area contributed by atoms with Crippen molar-refractivity contribution in [3.05, 3.63) is 26.4 Å². The third-order valence-corrected chi connectivity index (χ3v) is 3.55. The van der Waals surface area contributed by atoms with Crippen molar-refractivity contribution in [2.75, 3.05) is 24.3 Å². The Hall–Kier alpha value is -2.03. The van der Waals surface area contributed by atoms with Crippen LogP contribution in [-0.4, -0.2) is 39.9 Å². The molecule has 21 heavy (non-hydrogen) atoms. The zero-order chi connectivity index (χ0) is 16.0. The molecule has 1 rings (SSSR count). The number of nitrogens with two attached hydrogens (primary N) is 1. The van der Waals surface area contributed by atoms with Crippen LogP contribution in [0, 0.1) is 0 Å². The van der Waals surface area contributed by atoms with Gasteiger partial charge in [0.15, 0.2) is 5.78 Å². The van der Waals surface area contributed by atoms with Gasteiger partial charge in [0.1, 0.15) is 11.4 Å². The largest absolute Gasteiger partial charge is 0.468 e. The summed E-state index contributed by atoms with van der Waals surface area (Å²) in [4.78, 5) is 48.4. The molecule has 0 radical (unpaired) electrons. The number of rotatable bonds is 7. The fourth-order valence-corrected chi connectivity index (χ4v) is 2.38. The van der Waals surface area contributed by atoms with Crippen molar-refractivity contribution in [2.24, 2.45) is 0 Å². The van der Waals surface area contributed by atoms with Gasteiger partial charge in [0, 0.05) is 6.54 Å². The second-order valence-corrected chi connectivity index (χ2v) is 5.15. The SMILES string of the molecule is CCCn1c(N)c(C(=O)CSCC(=O)OC)c(=O)[nH]c1=O. The summed E-state index contributed by atoms with van der Waals surface area (Å²) in [6.07, 6.45) is 0.626. The molecule has 0 fully saturated rings. The van der Waals surface area contributed by atoms with Crippen LogP contribution in [0.1, 0.15) is 23.7 Å². The van der Waals surface area contributed by atoms with Crippen LogP contribution in [0.4, 0.5) is 5.82 Å². The molecule has 0 atom stereocenters. The van der Waals surface area contributed by atoms with E-state index in [1.54, 1.807) is 0 Å². The van der Waals surface area contributed by atoms with E-state index >= 15 is 0 Å². The maximum atomic E-state index is 12.0. The molecule has 0 aliphatic heterocycles. The normalized spacial score (nSPS) is 10.4. The number of aromatic nitrogens is 2. The number of nitrogens with one attached hydrogen (secondary N) is 1. The first-order valence-corrected chi connectivity index (χ1v) is 7.38. The summed E-state index contributed by atoms with van der Waals surface area (Å²) >= 11 is 1.01. The van der Waals surface area contributed by atoms with E-state index in [-0.39, 0.29) is 22.9 Å². The molecular weight excluding hydrogens is 298 g/mol. The molecule has 3 N–H and O–H groups in total. The summed E-state index contributed by atoms with van der Waals surface area (Å²) in [6.45, 7) is 2.14. The molecule has 1 aromatic heterocycles. The fraction of sp³-hybridized carbons (Fsp3) is 0.500. The van der Waals surface area contributed by atoms with E-state index < -0.39 is 23.0 Å². The van der Waals surface area contributed by atoms with Crippen molar-refractivity contribution in [2.45, 2.75) is 19.9 Å². The van der Waals surface area contributed by atoms with Crippen LogP contribution in [0.2, 0.25) is 0 Å². The smallest absolute Gasteiger partial charge is 0.329 e. The van der Waals surface area contributed by atoms with Gasteiger partial charge in [0.2, 0.25) is 0 Å². The van der Waals surface area contributed by atoms with Crippen molar-refractivity contribution in [1.29, 1.82) is 0 Å². The first-order valence-electron chi connectivity index (χ1n) is 6.22. The molecule has 116 valence electrons. The third-order valence-electron chi connectivity index (χ3n) is 2.65. The van der Waals surface area contributed by atoms with Crippen LogP contribution < -0.4 is 17.0 Å². The minimum atomic E-state index is -0.812. The van der Waals surface area contributed by atoms with E-state index in [1.165, 1.54) is 7.11 Å². The number of ketones is 1. The Morgan fingerprint density at radius 1 is 1.33 bits per heavy atom. The van der Waals surface area contributed by atoms with Gasteiger partial charge in [0.05, 0.1) is 18.6 Å². The second kappa shape index (κ2) is 7.67. The van der Waals surface area contributed by atoms with Crippen molar-refractivity contribution in [1.82, 2.24) is 9.55 Å². The quantitative estimate of drug-likeness (QED) is 0.519. The Labute approximate surface area is 124 Å². The molecule has 8 nitrogen and oxygen atoms in total. The number of carbonyl (C=O) groups excluding carboxylic acids is 2. The maximum absolute atomic E-state index is 12.0. The number of nitrogens with zero attached hydrogens (tertiary/aromatic N) is 1. The monoisotopic (exact) mass is 315 g/mol. The number of hydrogen-bond donors (Lipinski definition) is 2. The zero-order valence-corrected chi connectivity index (χ0v) is 12.6. The van der Waals surface area contributed by atoms with Gasteiger partial charge < -0.3 is 10.5 Å². The summed E-state index contributed by atoms with van der Waals surface area (Å²) < 4.78 is 5.60. The highest BCUT2D eigenvalue weighted by Gasteiger charge is 2.19. The molecule has 0 saturated heterocycles. The van der Waals surface area contributed by atoms with Crippen molar-refractivity contribution >= 4 is 29.3 Å². The van der Waals surface area contributed by atoms with Crippen molar-refractivity contribution in [3.8, 4) is 0 Å². The standard InChI is InChI=1S/C12H17N3O5S/c1-3-4-15-10(13)9(11(18)14-12(15)19)7(16)5-21-6-8(17)20-2/h3-6,13H2,1-2H3,(H,14,18,19). The van der Waals surface area contributed by atoms with Gasteiger partial charge in [-0.05, 0) is 6.42 Å². The molecule has 0 bridgehead atoms. The topological polar surface area (TPSA) is 124 Å². The Morgan fingerprint density at radius 2 is 2.00 bits per heavy atom. The first kappa shape index (κ1) is 17.0. The van der Waals surface area contributed by atoms with E-state index in [0.29, 0.717) is 13.0 Å². The highest BCUT2D eigenvalue weighted by Crippen LogP contribution is 2.10. The number of esters is 1. The number of H-pyrrole nitrogens is 1. The van der Waals surface area contributed by atoms with Crippen LogP contribution in [0.3, 0.4) is 0 Å². The van der Waals surface area contributed by atoms with E-state index in [1.807, 2.05) is 6.92 Å². The fourth-order valence-electron chi connectivity index (χ4n) is 1.66. The summed E-state index contributed by atoms with van der Waals surface area (Å²) in [7, 11) is 1.24. The van der Waals surface area contributed by atoms with Crippen LogP contribution in [0.25, 0.3) is 0 Å². The number of thioether (sulfide) groups is 1. The number of carbonyl (C=O) groups is 2. The van der Waals surface area contributed by atoms with E-state index in [0.717, 1.165) is 16.3 Å². The molecule has 9 heteroatoms. The van der Waals surface area contributed by atoms with Gasteiger partial charge in [-0.3, -0.25) is 23.9 Å². The number of anilines is 1. The molecule has 0 aliphatic rings. The van der Waals surface area contributed by atoms with Gasteiger partial charge in [-0.2, -0.15) is 0 Å². The van der Waals surface area contributed by atoms with E-state index in [4.69, 9.17) is 5.73 Å². The molecule has 0 amide bonds. The summed E-state index contributed by atoms with van der Waals surface area (Å²) in [5, 5.41) is 0. The highest BCUT2D eigenvalue weighted by molar-refractivity contribution is 8.00. The Morgan fingerprint density at radius 3 is 2.57 bits per heavy atom. The average molecular weight is 315 g/mol. The van der Waals surface area contributed by atoms with Gasteiger partial charge in [-0.25, -0.2) is 4.79 Å². The van der Waals surface area contributed by atoms with Crippen molar-refractivity contribution < 1.29 is 14.3 Å². The molecule has 1 heterocycles. The number of Topliss-reactive ketones (excluding diaryl/α,β-unsaturated/α-hetero) is 1. The van der Waals surface area contributed by atoms with Gasteiger partial charge in [-0.1, -0.05) is 6.92 Å². The molecule has 0 spiro atoms. The lowest BCUT2D eigenvalue weighted by molar-refractivity contribution is -0.137. The Balaban J connectivity index is 2.99. The lowest BCUT2D eigenvalue weighted by atomic mass is 10.2. The van der Waals surface area contributed by atoms with Crippen molar-refractivity contribution in [3.63, 3.8) is 0 Å². The molecule has 0 unspecified atom stereocenters. The van der Waals surface area contributed by atoms with Crippen LogP contribution >= 0.6 is 11.8 Å². The van der Waals surface area contributed by atoms with Crippen LogP contribution in [0.5, 0.6) is 0 Å². The molecule has 0 aromatic carbocycles. The summed E-state index contributed by atoms with van der Waals surface area (Å²) in [5.74, 6) is -1.26. The average Bonchev–Trinajstić information content (AvgIpc) is 2.42. The van der Waals surface area contributed by atoms with E-state index in [9.17, 15) is 19.2 Å². The minimum absolute atomic E-state index is 0.00531. The molecular formula is C12H17N3O5S. The number of nitrogen functional groups attached to an aromatic ring is 1. The van der Waals surface area contributed by atoms with E-state index in [2.05, 4.69) is 9.72 Å².